The maximum atomic E-state index is 8.68. The summed E-state index contributed by atoms with van der Waals surface area (Å²) in [6, 6.07) is 4.07. The predicted molar refractivity (Wildman–Crippen MR) is 62.5 cm³/mol. The van der Waals surface area contributed by atoms with E-state index in [0.29, 0.717) is 12.7 Å². The standard InChI is InChI=1S/C12H18N2O2/c15-9-10-16-12-3-7-14(8-4-12)11-1-5-13-6-2-11/h1-2,5-6,12,15H,3-4,7-10H2. The van der Waals surface area contributed by atoms with E-state index < -0.39 is 0 Å². The van der Waals surface area contributed by atoms with Crippen molar-refractivity contribution in [1.82, 2.24) is 4.98 Å². The minimum atomic E-state index is 0.116. The number of aliphatic hydroxyl groups is 1. The normalized spacial score (nSPS) is 17.7. The lowest BCUT2D eigenvalue weighted by Crippen LogP contribution is -2.37. The fourth-order valence-electron chi connectivity index (χ4n) is 2.05. The Kier molecular flexibility index (Phi) is 4.13. The third kappa shape index (κ3) is 2.93. The first-order chi connectivity index (χ1) is 7.90. The number of hydrogen-bond acceptors (Lipinski definition) is 4. The summed E-state index contributed by atoms with van der Waals surface area (Å²) in [5, 5.41) is 8.68. The molecule has 1 N–H and O–H groups in total. The fraction of sp³-hybridized carbons (Fsp3) is 0.583. The van der Waals surface area contributed by atoms with Crippen LogP contribution in [0.3, 0.4) is 0 Å². The van der Waals surface area contributed by atoms with Crippen molar-refractivity contribution in [2.24, 2.45) is 0 Å². The first kappa shape index (κ1) is 11.4. The van der Waals surface area contributed by atoms with Crippen molar-refractivity contribution in [3.8, 4) is 0 Å². The molecule has 4 heteroatoms. The van der Waals surface area contributed by atoms with Gasteiger partial charge in [-0.25, -0.2) is 0 Å². The van der Waals surface area contributed by atoms with Gasteiger partial charge < -0.3 is 14.7 Å². The number of nitrogens with zero attached hydrogens (tertiary/aromatic N) is 2. The third-order valence-electron chi connectivity index (χ3n) is 2.91. The lowest BCUT2D eigenvalue weighted by molar-refractivity contribution is 0.0159. The molecule has 1 aromatic rings. The lowest BCUT2D eigenvalue weighted by Gasteiger charge is -2.33. The van der Waals surface area contributed by atoms with Crippen LogP contribution >= 0.6 is 0 Å². The Bertz CT molecular complexity index is 297. The summed E-state index contributed by atoms with van der Waals surface area (Å²) in [5.74, 6) is 0. The molecule has 0 unspecified atom stereocenters. The van der Waals surface area contributed by atoms with Gasteiger partial charge >= 0.3 is 0 Å². The van der Waals surface area contributed by atoms with Crippen LogP contribution in [0.1, 0.15) is 12.8 Å². The van der Waals surface area contributed by atoms with Crippen LogP contribution in [0.25, 0.3) is 0 Å². The van der Waals surface area contributed by atoms with E-state index >= 15 is 0 Å². The van der Waals surface area contributed by atoms with Crippen molar-refractivity contribution in [3.05, 3.63) is 24.5 Å². The second kappa shape index (κ2) is 5.82. The molecule has 2 rings (SSSR count). The van der Waals surface area contributed by atoms with Gasteiger partial charge in [0.25, 0.3) is 0 Å². The highest BCUT2D eigenvalue weighted by molar-refractivity contribution is 5.44. The second-order valence-electron chi connectivity index (χ2n) is 3.99. The summed E-state index contributed by atoms with van der Waals surface area (Å²) >= 11 is 0. The largest absolute Gasteiger partial charge is 0.394 e. The molecule has 4 nitrogen and oxygen atoms in total. The van der Waals surface area contributed by atoms with E-state index in [4.69, 9.17) is 9.84 Å². The molecule has 2 heterocycles. The highest BCUT2D eigenvalue weighted by atomic mass is 16.5. The molecular weight excluding hydrogens is 204 g/mol. The Labute approximate surface area is 95.9 Å². The molecule has 0 bridgehead atoms. The molecule has 0 spiro atoms. The Morgan fingerprint density at radius 2 is 2.00 bits per heavy atom. The van der Waals surface area contributed by atoms with Gasteiger partial charge in [0, 0.05) is 31.2 Å². The summed E-state index contributed by atoms with van der Waals surface area (Å²) in [6.07, 6.45) is 6.02. The Balaban J connectivity index is 1.81. The molecule has 88 valence electrons. The van der Waals surface area contributed by atoms with Crippen molar-refractivity contribution in [2.75, 3.05) is 31.2 Å². The minimum absolute atomic E-state index is 0.116. The van der Waals surface area contributed by atoms with E-state index in [2.05, 4.69) is 9.88 Å². The minimum Gasteiger partial charge on any atom is -0.394 e. The number of ether oxygens (including phenoxy) is 1. The molecule has 1 aromatic heterocycles. The zero-order chi connectivity index (χ0) is 11.2. The van der Waals surface area contributed by atoms with E-state index in [0.717, 1.165) is 25.9 Å². The zero-order valence-electron chi connectivity index (χ0n) is 9.38. The van der Waals surface area contributed by atoms with Gasteiger partial charge in [0.1, 0.15) is 0 Å². The van der Waals surface area contributed by atoms with Crippen LogP contribution in [-0.2, 0) is 4.74 Å². The number of pyridine rings is 1. The van der Waals surface area contributed by atoms with Crippen molar-refractivity contribution in [2.45, 2.75) is 18.9 Å². The molecule has 0 atom stereocenters. The van der Waals surface area contributed by atoms with Crippen LogP contribution in [0, 0.1) is 0 Å². The van der Waals surface area contributed by atoms with Gasteiger partial charge in [0.15, 0.2) is 0 Å². The second-order valence-corrected chi connectivity index (χ2v) is 3.99. The molecular formula is C12H18N2O2. The SMILES string of the molecule is OCCOC1CCN(c2ccncc2)CC1. The number of piperidine rings is 1. The van der Waals surface area contributed by atoms with Gasteiger partial charge in [-0.05, 0) is 25.0 Å². The first-order valence-electron chi connectivity index (χ1n) is 5.77. The maximum Gasteiger partial charge on any atom is 0.0701 e. The monoisotopic (exact) mass is 222 g/mol. The molecule has 0 radical (unpaired) electrons. The van der Waals surface area contributed by atoms with Crippen LogP contribution in [0.4, 0.5) is 5.69 Å². The topological polar surface area (TPSA) is 45.6 Å². The molecule has 0 saturated carbocycles. The molecule has 16 heavy (non-hydrogen) atoms. The number of rotatable bonds is 4. The Morgan fingerprint density at radius 1 is 1.31 bits per heavy atom. The van der Waals surface area contributed by atoms with Gasteiger partial charge in [-0.1, -0.05) is 0 Å². The predicted octanol–water partition coefficient (Wildman–Crippen LogP) is 1.06. The zero-order valence-corrected chi connectivity index (χ0v) is 9.38. The van der Waals surface area contributed by atoms with Crippen molar-refractivity contribution < 1.29 is 9.84 Å². The van der Waals surface area contributed by atoms with Gasteiger partial charge in [-0.15, -0.1) is 0 Å². The van der Waals surface area contributed by atoms with Crippen LogP contribution in [-0.4, -0.2) is 42.5 Å². The number of hydrogen-bond donors (Lipinski definition) is 1. The molecule has 1 aliphatic rings. The van der Waals surface area contributed by atoms with Gasteiger partial charge in [0.05, 0.1) is 19.3 Å². The summed E-state index contributed by atoms with van der Waals surface area (Å²) in [6.45, 7) is 2.60. The number of aromatic nitrogens is 1. The van der Waals surface area contributed by atoms with Crippen LogP contribution in [0.15, 0.2) is 24.5 Å². The van der Waals surface area contributed by atoms with E-state index in [1.165, 1.54) is 5.69 Å². The number of aliphatic hydroxyl groups excluding tert-OH is 1. The Hall–Kier alpha value is -1.13. The van der Waals surface area contributed by atoms with Gasteiger partial charge in [-0.2, -0.15) is 0 Å². The summed E-state index contributed by atoms with van der Waals surface area (Å²) in [7, 11) is 0. The highest BCUT2D eigenvalue weighted by Crippen LogP contribution is 2.20. The summed E-state index contributed by atoms with van der Waals surface area (Å²) in [5.41, 5.74) is 1.23. The first-order valence-corrected chi connectivity index (χ1v) is 5.77. The lowest BCUT2D eigenvalue weighted by atomic mass is 10.1. The summed E-state index contributed by atoms with van der Waals surface area (Å²) < 4.78 is 5.53. The molecule has 0 aliphatic carbocycles. The Morgan fingerprint density at radius 3 is 2.62 bits per heavy atom. The van der Waals surface area contributed by atoms with Gasteiger partial charge in [0.2, 0.25) is 0 Å². The molecule has 1 fully saturated rings. The average Bonchev–Trinajstić information content (AvgIpc) is 2.38. The van der Waals surface area contributed by atoms with E-state index in [9.17, 15) is 0 Å². The smallest absolute Gasteiger partial charge is 0.0701 e. The summed E-state index contributed by atoms with van der Waals surface area (Å²) in [4.78, 5) is 6.36. The van der Waals surface area contributed by atoms with Crippen molar-refractivity contribution >= 4 is 5.69 Å². The number of anilines is 1. The van der Waals surface area contributed by atoms with Crippen LogP contribution in [0.5, 0.6) is 0 Å². The molecule has 1 saturated heterocycles. The van der Waals surface area contributed by atoms with Crippen LogP contribution < -0.4 is 4.90 Å². The van der Waals surface area contributed by atoms with Crippen molar-refractivity contribution in [3.63, 3.8) is 0 Å². The van der Waals surface area contributed by atoms with E-state index in [1.807, 2.05) is 24.5 Å². The highest BCUT2D eigenvalue weighted by Gasteiger charge is 2.19. The third-order valence-corrected chi connectivity index (χ3v) is 2.91. The quantitative estimate of drug-likeness (QED) is 0.827. The van der Waals surface area contributed by atoms with Crippen molar-refractivity contribution in [1.29, 1.82) is 0 Å². The van der Waals surface area contributed by atoms with Crippen LogP contribution in [0.2, 0.25) is 0 Å². The van der Waals surface area contributed by atoms with E-state index in [1.54, 1.807) is 0 Å². The molecule has 0 amide bonds. The van der Waals surface area contributed by atoms with E-state index in [-0.39, 0.29) is 6.61 Å². The van der Waals surface area contributed by atoms with Gasteiger partial charge in [-0.3, -0.25) is 4.98 Å². The fourth-order valence-corrected chi connectivity index (χ4v) is 2.05. The molecule has 0 aromatic carbocycles. The maximum absolute atomic E-state index is 8.68. The molecule has 1 aliphatic heterocycles. The average molecular weight is 222 g/mol.